The van der Waals surface area contributed by atoms with E-state index in [4.69, 9.17) is 28.4 Å². The molecule has 3 heterocycles. The molecule has 0 radical (unpaired) electrons. The van der Waals surface area contributed by atoms with E-state index in [9.17, 15) is 61.0 Å². The third-order valence-electron chi connectivity index (χ3n) is 17.8. The van der Waals surface area contributed by atoms with E-state index in [1.165, 1.54) is 180 Å². The van der Waals surface area contributed by atoms with Gasteiger partial charge in [0.25, 0.3) is 0 Å². The Morgan fingerprint density at radius 1 is 0.407 bits per heavy atom. The molecule has 0 bridgehead atoms. The van der Waals surface area contributed by atoms with Crippen LogP contribution >= 0.6 is 0 Å². The van der Waals surface area contributed by atoms with Crippen LogP contribution < -0.4 is 5.32 Å². The van der Waals surface area contributed by atoms with Crippen LogP contribution in [0.15, 0.2) is 12.2 Å². The molecule has 19 heteroatoms. The van der Waals surface area contributed by atoms with Crippen LogP contribution in [0.1, 0.15) is 277 Å². The third kappa shape index (κ3) is 32.2. The number of nitrogens with one attached hydrogen (secondary N) is 1. The van der Waals surface area contributed by atoms with Gasteiger partial charge in [-0.15, -0.1) is 0 Å². The Morgan fingerprint density at radius 2 is 0.744 bits per heavy atom. The van der Waals surface area contributed by atoms with E-state index in [-0.39, 0.29) is 18.9 Å². The monoisotopic (exact) mass is 1230 g/mol. The molecule has 86 heavy (non-hydrogen) atoms. The van der Waals surface area contributed by atoms with Crippen molar-refractivity contribution in [3.05, 3.63) is 12.2 Å². The normalized spacial score (nSPS) is 28.8. The number of aliphatic hydroxyl groups excluding tert-OH is 11. The van der Waals surface area contributed by atoms with Crippen LogP contribution in [0.25, 0.3) is 0 Å². The highest BCUT2D eigenvalue weighted by molar-refractivity contribution is 5.76. The first-order valence-corrected chi connectivity index (χ1v) is 34.9. The lowest BCUT2D eigenvalue weighted by Crippen LogP contribution is -2.66. The largest absolute Gasteiger partial charge is 0.394 e. The molecule has 508 valence electrons. The van der Waals surface area contributed by atoms with E-state index in [0.29, 0.717) is 12.8 Å². The highest BCUT2D eigenvalue weighted by Gasteiger charge is 2.53. The second-order valence-electron chi connectivity index (χ2n) is 25.3. The standard InChI is InChI=1S/C67H127NO18/c1-3-5-7-9-11-13-15-16-17-18-19-20-21-22-23-24-25-26-27-28-29-30-31-32-33-35-36-38-40-42-44-51(72)50(68-55(73)45-43-41-39-37-34-14-12-10-8-6-4-2)49-81-65-61(79)58(76)63(53(47-70)83-65)86-67-62(80)59(77)64(54(48-71)84-67)85-66-60(78)57(75)56(74)52(46-69)82-66/h10,12,50-54,56-67,69-72,74-80H,3-9,11,13-49H2,1-2H3,(H,68,73)/b12-10-. The maximum atomic E-state index is 13.3. The highest BCUT2D eigenvalue weighted by atomic mass is 16.8. The van der Waals surface area contributed by atoms with E-state index < -0.39 is 124 Å². The Morgan fingerprint density at radius 3 is 1.16 bits per heavy atom. The summed E-state index contributed by atoms with van der Waals surface area (Å²) >= 11 is 0. The van der Waals surface area contributed by atoms with Gasteiger partial charge in [0, 0.05) is 6.42 Å². The van der Waals surface area contributed by atoms with E-state index in [0.717, 1.165) is 64.2 Å². The Balaban J connectivity index is 1.36. The first-order valence-electron chi connectivity index (χ1n) is 34.9. The fourth-order valence-electron chi connectivity index (χ4n) is 12.1. The van der Waals surface area contributed by atoms with Gasteiger partial charge in [-0.3, -0.25) is 4.79 Å². The van der Waals surface area contributed by atoms with E-state index in [1.807, 2.05) is 0 Å². The maximum Gasteiger partial charge on any atom is 0.220 e. The summed E-state index contributed by atoms with van der Waals surface area (Å²) in [7, 11) is 0. The lowest BCUT2D eigenvalue weighted by atomic mass is 9.96. The van der Waals surface area contributed by atoms with Crippen molar-refractivity contribution in [2.45, 2.75) is 381 Å². The summed E-state index contributed by atoms with van der Waals surface area (Å²) < 4.78 is 34.4. The summed E-state index contributed by atoms with van der Waals surface area (Å²) in [5.74, 6) is -0.251. The molecule has 0 spiro atoms. The average molecular weight is 1230 g/mol. The number of aliphatic hydroxyl groups is 11. The number of carbonyl (C=O) groups excluding carboxylic acids is 1. The van der Waals surface area contributed by atoms with E-state index >= 15 is 0 Å². The molecule has 0 saturated carbocycles. The number of hydrogen-bond acceptors (Lipinski definition) is 18. The number of amides is 1. The molecule has 0 aromatic heterocycles. The minimum Gasteiger partial charge on any atom is -0.394 e. The van der Waals surface area contributed by atoms with Gasteiger partial charge in [-0.2, -0.15) is 0 Å². The van der Waals surface area contributed by atoms with Crippen molar-refractivity contribution in [1.29, 1.82) is 0 Å². The molecule has 19 nitrogen and oxygen atoms in total. The molecule has 3 rings (SSSR count). The Kier molecular flexibility index (Phi) is 45.9. The molecule has 3 saturated heterocycles. The van der Waals surface area contributed by atoms with Crippen LogP contribution in [0.5, 0.6) is 0 Å². The second-order valence-corrected chi connectivity index (χ2v) is 25.3. The summed E-state index contributed by atoms with van der Waals surface area (Å²) in [5, 5.41) is 120. The molecule has 0 aliphatic carbocycles. The molecular weight excluding hydrogens is 1110 g/mol. The SMILES string of the molecule is CCCC/C=C\CCCCCCCC(=O)NC(COC1OC(CO)C(OC2OC(CO)C(OC3OC(CO)C(O)C(O)C3O)C(O)C2O)C(O)C1O)C(O)CCCCCCCCCCCCCCCCCCCCCCCCCCCCCCCC. The first kappa shape index (κ1) is 78.8. The van der Waals surface area contributed by atoms with Gasteiger partial charge >= 0.3 is 0 Å². The molecule has 3 fully saturated rings. The van der Waals surface area contributed by atoms with Gasteiger partial charge in [-0.1, -0.05) is 251 Å². The van der Waals surface area contributed by atoms with Crippen molar-refractivity contribution in [2.75, 3.05) is 26.4 Å². The summed E-state index contributed by atoms with van der Waals surface area (Å²) in [6, 6.07) is -0.888. The third-order valence-corrected chi connectivity index (χ3v) is 17.8. The Labute approximate surface area is 518 Å². The number of carbonyl (C=O) groups is 1. The first-order chi connectivity index (χ1) is 41.8. The van der Waals surface area contributed by atoms with Crippen LogP contribution in [0.3, 0.4) is 0 Å². The molecule has 3 aliphatic heterocycles. The van der Waals surface area contributed by atoms with Gasteiger partial charge < -0.3 is 89.9 Å². The van der Waals surface area contributed by atoms with Crippen molar-refractivity contribution in [1.82, 2.24) is 5.32 Å². The molecule has 1 amide bonds. The van der Waals surface area contributed by atoms with Crippen molar-refractivity contribution >= 4 is 5.91 Å². The van der Waals surface area contributed by atoms with Crippen molar-refractivity contribution in [2.24, 2.45) is 0 Å². The van der Waals surface area contributed by atoms with Crippen LogP contribution in [0.2, 0.25) is 0 Å². The van der Waals surface area contributed by atoms with Crippen LogP contribution in [0, 0.1) is 0 Å². The number of allylic oxidation sites excluding steroid dienone is 2. The lowest BCUT2D eigenvalue weighted by Gasteiger charge is -2.48. The summed E-state index contributed by atoms with van der Waals surface area (Å²) in [4.78, 5) is 13.3. The number of ether oxygens (including phenoxy) is 6. The molecule has 0 aromatic rings. The summed E-state index contributed by atoms with van der Waals surface area (Å²) in [5.41, 5.74) is 0. The zero-order chi connectivity index (χ0) is 62.6. The smallest absolute Gasteiger partial charge is 0.220 e. The maximum absolute atomic E-state index is 13.3. The van der Waals surface area contributed by atoms with Gasteiger partial charge in [-0.25, -0.2) is 0 Å². The van der Waals surface area contributed by atoms with Gasteiger partial charge in [0.15, 0.2) is 18.9 Å². The van der Waals surface area contributed by atoms with E-state index in [1.54, 1.807) is 0 Å². The number of rotatable bonds is 54. The van der Waals surface area contributed by atoms with Crippen molar-refractivity contribution < 1.29 is 89.4 Å². The molecule has 12 N–H and O–H groups in total. The highest BCUT2D eigenvalue weighted by Crippen LogP contribution is 2.33. The fourth-order valence-corrected chi connectivity index (χ4v) is 12.1. The van der Waals surface area contributed by atoms with Crippen LogP contribution in [-0.2, 0) is 33.2 Å². The topological polar surface area (TPSA) is 307 Å². The molecule has 17 unspecified atom stereocenters. The zero-order valence-corrected chi connectivity index (χ0v) is 53.6. The lowest BCUT2D eigenvalue weighted by molar-refractivity contribution is -0.379. The van der Waals surface area contributed by atoms with Crippen molar-refractivity contribution in [3.63, 3.8) is 0 Å². The summed E-state index contributed by atoms with van der Waals surface area (Å²) in [6.45, 7) is 1.77. The van der Waals surface area contributed by atoms with E-state index in [2.05, 4.69) is 31.3 Å². The van der Waals surface area contributed by atoms with Crippen LogP contribution in [0.4, 0.5) is 0 Å². The predicted molar refractivity (Wildman–Crippen MR) is 333 cm³/mol. The molecule has 17 atom stereocenters. The number of hydrogen-bond donors (Lipinski definition) is 12. The predicted octanol–water partition coefficient (Wildman–Crippen LogP) is 8.89. The fraction of sp³-hybridized carbons (Fsp3) is 0.955. The van der Waals surface area contributed by atoms with Gasteiger partial charge in [0.2, 0.25) is 5.91 Å². The van der Waals surface area contributed by atoms with Gasteiger partial charge in [0.1, 0.15) is 73.2 Å². The molecular formula is C67H127NO18. The zero-order valence-electron chi connectivity index (χ0n) is 53.6. The number of unbranched alkanes of at least 4 members (excludes halogenated alkanes) is 36. The van der Waals surface area contributed by atoms with Crippen molar-refractivity contribution in [3.8, 4) is 0 Å². The van der Waals surface area contributed by atoms with Gasteiger partial charge in [-0.05, 0) is 32.1 Å². The molecule has 0 aromatic carbocycles. The Bertz CT molecular complexity index is 1620. The molecule has 3 aliphatic rings. The quantitative estimate of drug-likeness (QED) is 0.0200. The van der Waals surface area contributed by atoms with Gasteiger partial charge in [0.05, 0.1) is 38.6 Å². The average Bonchev–Trinajstić information content (AvgIpc) is 2.48. The minimum absolute atomic E-state index is 0.251. The summed E-state index contributed by atoms with van der Waals surface area (Å²) in [6.07, 6.45) is 27.6. The second kappa shape index (κ2) is 50.1. The Hall–Kier alpha value is -1.47. The minimum atomic E-state index is -1.97. The van der Waals surface area contributed by atoms with Crippen LogP contribution in [-0.4, -0.2) is 193 Å².